The van der Waals surface area contributed by atoms with Crippen molar-refractivity contribution >= 4 is 17.1 Å². The second-order valence-corrected chi connectivity index (χ2v) is 7.30. The molecular formula is C18H20N4O3. The topological polar surface area (TPSA) is 100 Å². The Morgan fingerprint density at radius 1 is 1.44 bits per heavy atom. The van der Waals surface area contributed by atoms with Crippen LogP contribution in [-0.2, 0) is 11.3 Å². The van der Waals surface area contributed by atoms with Crippen molar-refractivity contribution in [3.63, 3.8) is 0 Å². The smallest absolute Gasteiger partial charge is 0.407 e. The molecule has 2 aliphatic rings. The largest absolute Gasteiger partial charge is 0.441 e. The number of carbonyl (C=O) groups excluding carboxylic acids is 1. The van der Waals surface area contributed by atoms with Gasteiger partial charge in [0.25, 0.3) is 0 Å². The number of nitrogens with one attached hydrogen (secondary N) is 1. The van der Waals surface area contributed by atoms with E-state index in [1.807, 2.05) is 16.7 Å². The highest BCUT2D eigenvalue weighted by Gasteiger charge is 2.50. The second-order valence-electron chi connectivity index (χ2n) is 7.30. The lowest BCUT2D eigenvalue weighted by molar-refractivity contribution is -0.0542. The fraction of sp³-hybridized carbons (Fsp3) is 0.500. The first-order valence-electron chi connectivity index (χ1n) is 8.50. The molecule has 1 amide bonds. The molecule has 2 atom stereocenters. The minimum Gasteiger partial charge on any atom is -0.441 e. The fourth-order valence-electron chi connectivity index (χ4n) is 4.32. The number of alkyl carbamates (subject to hydrolysis) is 1. The van der Waals surface area contributed by atoms with Gasteiger partial charge in [0.1, 0.15) is 5.60 Å². The van der Waals surface area contributed by atoms with Crippen molar-refractivity contribution in [2.75, 3.05) is 13.2 Å². The van der Waals surface area contributed by atoms with E-state index in [-0.39, 0.29) is 18.1 Å². The monoisotopic (exact) mass is 340 g/mol. The Balaban J connectivity index is 1.66. The van der Waals surface area contributed by atoms with Crippen LogP contribution in [-0.4, -0.2) is 39.5 Å². The van der Waals surface area contributed by atoms with Gasteiger partial charge in [0, 0.05) is 12.0 Å². The number of benzene rings is 1. The molecule has 4 rings (SSSR count). The minimum absolute atomic E-state index is 0.0178. The van der Waals surface area contributed by atoms with E-state index in [4.69, 9.17) is 10.00 Å². The zero-order valence-corrected chi connectivity index (χ0v) is 13.9. The van der Waals surface area contributed by atoms with E-state index in [2.05, 4.69) is 16.4 Å². The first-order valence-corrected chi connectivity index (χ1v) is 8.50. The van der Waals surface area contributed by atoms with Crippen molar-refractivity contribution in [1.29, 1.82) is 5.26 Å². The third-order valence-electron chi connectivity index (χ3n) is 5.49. The summed E-state index contributed by atoms with van der Waals surface area (Å²) in [5.74, 6) is 0. The number of aliphatic hydroxyl groups excluding tert-OH is 1. The van der Waals surface area contributed by atoms with E-state index >= 15 is 0 Å². The zero-order valence-electron chi connectivity index (χ0n) is 13.9. The molecule has 0 bridgehead atoms. The number of aromatic nitrogens is 2. The van der Waals surface area contributed by atoms with Crippen molar-refractivity contribution in [2.24, 2.45) is 5.41 Å². The first kappa shape index (κ1) is 15.9. The van der Waals surface area contributed by atoms with Gasteiger partial charge in [-0.25, -0.2) is 9.78 Å². The summed E-state index contributed by atoms with van der Waals surface area (Å²) in [5, 5.41) is 22.1. The van der Waals surface area contributed by atoms with Crippen LogP contribution < -0.4 is 5.32 Å². The number of hydrogen-bond acceptors (Lipinski definition) is 5. The number of aliphatic hydroxyl groups is 1. The van der Waals surface area contributed by atoms with Gasteiger partial charge in [-0.1, -0.05) is 0 Å². The highest BCUT2D eigenvalue weighted by molar-refractivity contribution is 5.77. The Labute approximate surface area is 145 Å². The summed E-state index contributed by atoms with van der Waals surface area (Å²) in [7, 11) is 0. The predicted octanol–water partition coefficient (Wildman–Crippen LogP) is 1.94. The molecule has 25 heavy (non-hydrogen) atoms. The number of hydrogen-bond donors (Lipinski definition) is 2. The average molecular weight is 340 g/mol. The van der Waals surface area contributed by atoms with Gasteiger partial charge in [0.15, 0.2) is 0 Å². The number of imidazole rings is 1. The summed E-state index contributed by atoms with van der Waals surface area (Å²) in [6.07, 6.45) is 4.57. The molecule has 0 radical (unpaired) electrons. The van der Waals surface area contributed by atoms with Crippen LogP contribution in [0.25, 0.3) is 11.0 Å². The molecule has 1 aliphatic heterocycles. The number of carbonyl (C=O) groups is 1. The Morgan fingerprint density at radius 2 is 2.32 bits per heavy atom. The van der Waals surface area contributed by atoms with Crippen molar-refractivity contribution < 1.29 is 14.6 Å². The Morgan fingerprint density at radius 3 is 3.04 bits per heavy atom. The maximum atomic E-state index is 11.5. The van der Waals surface area contributed by atoms with E-state index in [9.17, 15) is 9.90 Å². The van der Waals surface area contributed by atoms with Crippen molar-refractivity contribution in [1.82, 2.24) is 14.9 Å². The molecule has 2 aromatic rings. The van der Waals surface area contributed by atoms with E-state index in [0.29, 0.717) is 25.1 Å². The Bertz CT molecular complexity index is 871. The van der Waals surface area contributed by atoms with E-state index in [1.165, 1.54) is 0 Å². The normalized spacial score (nSPS) is 28.7. The van der Waals surface area contributed by atoms with Gasteiger partial charge in [-0.2, -0.15) is 5.26 Å². The van der Waals surface area contributed by atoms with Crippen molar-refractivity contribution in [3.05, 3.63) is 30.1 Å². The van der Waals surface area contributed by atoms with Gasteiger partial charge in [-0.15, -0.1) is 0 Å². The molecular weight excluding hydrogens is 320 g/mol. The fourth-order valence-corrected chi connectivity index (χ4v) is 4.32. The molecule has 7 heteroatoms. The molecule has 1 aromatic heterocycles. The lowest BCUT2D eigenvalue weighted by Gasteiger charge is -2.44. The third-order valence-corrected chi connectivity index (χ3v) is 5.49. The molecule has 1 saturated carbocycles. The molecule has 2 heterocycles. The van der Waals surface area contributed by atoms with Crippen molar-refractivity contribution in [3.8, 4) is 6.07 Å². The van der Waals surface area contributed by atoms with Crippen molar-refractivity contribution in [2.45, 2.75) is 37.8 Å². The summed E-state index contributed by atoms with van der Waals surface area (Å²) in [4.78, 5) is 15.9. The van der Waals surface area contributed by atoms with Crippen LogP contribution in [0.1, 0.15) is 31.2 Å². The van der Waals surface area contributed by atoms with Gasteiger partial charge in [-0.3, -0.25) is 0 Å². The number of fused-ring (bicyclic) bond motifs is 1. The van der Waals surface area contributed by atoms with Crippen LogP contribution >= 0.6 is 0 Å². The molecule has 1 aromatic carbocycles. The molecule has 2 fully saturated rings. The molecule has 1 saturated heterocycles. The molecule has 2 N–H and O–H groups in total. The number of amides is 1. The maximum Gasteiger partial charge on any atom is 0.407 e. The Hall–Kier alpha value is -2.59. The highest BCUT2D eigenvalue weighted by Crippen LogP contribution is 2.45. The lowest BCUT2D eigenvalue weighted by Crippen LogP contribution is -2.47. The van der Waals surface area contributed by atoms with Crippen LogP contribution in [0.3, 0.4) is 0 Å². The summed E-state index contributed by atoms with van der Waals surface area (Å²) in [6.45, 7) is 1.09. The number of ether oxygens (including phenoxy) is 1. The summed E-state index contributed by atoms with van der Waals surface area (Å²) in [6, 6.07) is 7.56. The van der Waals surface area contributed by atoms with E-state index in [0.717, 1.165) is 30.3 Å². The summed E-state index contributed by atoms with van der Waals surface area (Å²) in [5.41, 5.74) is 1.40. The van der Waals surface area contributed by atoms with Crippen LogP contribution in [0, 0.1) is 16.7 Å². The van der Waals surface area contributed by atoms with Crippen LogP contribution in [0.15, 0.2) is 24.5 Å². The molecule has 1 unspecified atom stereocenters. The minimum atomic E-state index is -0.522. The molecule has 1 aliphatic carbocycles. The highest BCUT2D eigenvalue weighted by atomic mass is 16.6. The van der Waals surface area contributed by atoms with Gasteiger partial charge in [0.05, 0.1) is 42.1 Å². The van der Waals surface area contributed by atoms with Gasteiger partial charge in [-0.05, 0) is 43.9 Å². The van der Waals surface area contributed by atoms with Gasteiger partial charge in [0.2, 0.25) is 0 Å². The average Bonchev–Trinajstić information content (AvgIpc) is 3.18. The number of nitriles is 1. The Kier molecular flexibility index (Phi) is 3.65. The van der Waals surface area contributed by atoms with Gasteiger partial charge < -0.3 is 19.7 Å². The third kappa shape index (κ3) is 2.72. The molecule has 7 nitrogen and oxygen atoms in total. The number of nitrogens with zero attached hydrogens (tertiary/aromatic N) is 3. The standard InChI is InChI=1S/C18H20N4O3/c19-7-13-2-3-14-15(6-13)22(12-21-14)10-17(11-23)4-1-5-18(8-17)9-20-16(24)25-18/h2-3,6,12,23H,1,4-5,8-11H2,(H,20,24)/t17-,18?/m0/s1. The second kappa shape index (κ2) is 5.74. The number of rotatable bonds is 3. The first-order chi connectivity index (χ1) is 12.1. The summed E-state index contributed by atoms with van der Waals surface area (Å²) < 4.78 is 7.56. The predicted molar refractivity (Wildman–Crippen MR) is 89.6 cm³/mol. The quantitative estimate of drug-likeness (QED) is 0.889. The van der Waals surface area contributed by atoms with E-state index in [1.54, 1.807) is 12.4 Å². The van der Waals surface area contributed by atoms with Crippen LogP contribution in [0.2, 0.25) is 0 Å². The van der Waals surface area contributed by atoms with Crippen LogP contribution in [0.4, 0.5) is 4.79 Å². The van der Waals surface area contributed by atoms with Gasteiger partial charge >= 0.3 is 6.09 Å². The lowest BCUT2D eigenvalue weighted by atomic mass is 9.67. The summed E-state index contributed by atoms with van der Waals surface area (Å²) >= 11 is 0. The molecule has 1 spiro atoms. The zero-order chi connectivity index (χ0) is 17.5. The van der Waals surface area contributed by atoms with E-state index < -0.39 is 5.60 Å². The molecule has 130 valence electrons. The SMILES string of the molecule is N#Cc1ccc2ncn(C[C@]3(CO)CCCC4(CNC(=O)O4)C3)c2c1. The van der Waals surface area contributed by atoms with Crippen LogP contribution in [0.5, 0.6) is 0 Å². The maximum absolute atomic E-state index is 11.5.